The first-order valence-electron chi connectivity index (χ1n) is 4.40. The highest BCUT2D eigenvalue weighted by Gasteiger charge is 2.46. The third-order valence-electron chi connectivity index (χ3n) is 2.76. The fourth-order valence-electron chi connectivity index (χ4n) is 1.86. The van der Waals surface area contributed by atoms with Gasteiger partial charge in [0.25, 0.3) is 5.91 Å². The van der Waals surface area contributed by atoms with Crippen LogP contribution in [0.3, 0.4) is 0 Å². The van der Waals surface area contributed by atoms with Crippen molar-refractivity contribution >= 4 is 11.6 Å². The van der Waals surface area contributed by atoms with E-state index in [9.17, 15) is 4.79 Å². The molecule has 70 valence electrons. The lowest BCUT2D eigenvalue weighted by molar-refractivity contribution is -0.120. The number of nitriles is 1. The largest absolute Gasteiger partial charge is 0.313 e. The van der Waals surface area contributed by atoms with Crippen LogP contribution < -0.4 is 4.90 Å². The highest BCUT2D eigenvalue weighted by molar-refractivity contribution is 6.09. The van der Waals surface area contributed by atoms with Crippen molar-refractivity contribution in [3.63, 3.8) is 0 Å². The molecule has 3 nitrogen and oxygen atoms in total. The van der Waals surface area contributed by atoms with Gasteiger partial charge in [0.1, 0.15) is 0 Å². The van der Waals surface area contributed by atoms with E-state index in [-0.39, 0.29) is 5.91 Å². The lowest BCUT2D eigenvalue weighted by atomic mass is 9.86. The topological polar surface area (TPSA) is 44.1 Å². The van der Waals surface area contributed by atoms with Gasteiger partial charge in [-0.15, -0.1) is 0 Å². The predicted molar refractivity (Wildman–Crippen MR) is 52.8 cm³/mol. The average Bonchev–Trinajstić information content (AvgIpc) is 2.43. The zero-order chi connectivity index (χ0) is 10.3. The molecule has 0 saturated carbocycles. The Morgan fingerprint density at radius 3 is 2.71 bits per heavy atom. The summed E-state index contributed by atoms with van der Waals surface area (Å²) in [6.45, 7) is 1.66. The quantitative estimate of drug-likeness (QED) is 0.615. The maximum Gasteiger partial charge on any atom is 0.251 e. The molecule has 0 radical (unpaired) electrons. The monoisotopic (exact) mass is 186 g/mol. The summed E-state index contributed by atoms with van der Waals surface area (Å²) in [6.07, 6.45) is 0. The fourth-order valence-corrected chi connectivity index (χ4v) is 1.86. The third-order valence-corrected chi connectivity index (χ3v) is 2.76. The maximum absolute atomic E-state index is 11.8. The van der Waals surface area contributed by atoms with Crippen LogP contribution >= 0.6 is 0 Å². The zero-order valence-corrected chi connectivity index (χ0v) is 8.11. The molecule has 0 fully saturated rings. The first kappa shape index (κ1) is 8.76. The van der Waals surface area contributed by atoms with Gasteiger partial charge in [0.15, 0.2) is 5.41 Å². The summed E-state index contributed by atoms with van der Waals surface area (Å²) in [5, 5.41) is 9.06. The van der Waals surface area contributed by atoms with Gasteiger partial charge in [-0.2, -0.15) is 5.26 Å². The van der Waals surface area contributed by atoms with E-state index in [1.165, 1.54) is 0 Å². The van der Waals surface area contributed by atoms with Crippen LogP contribution in [0.2, 0.25) is 0 Å². The Balaban J connectivity index is 2.73. The second-order valence-electron chi connectivity index (χ2n) is 3.62. The molecule has 2 rings (SSSR count). The number of anilines is 1. The molecule has 1 aromatic rings. The van der Waals surface area contributed by atoms with E-state index in [1.807, 2.05) is 24.3 Å². The second kappa shape index (κ2) is 2.58. The first-order chi connectivity index (χ1) is 6.61. The lowest BCUT2D eigenvalue weighted by Crippen LogP contribution is -2.34. The molecule has 1 heterocycles. The van der Waals surface area contributed by atoms with Gasteiger partial charge in [0, 0.05) is 18.3 Å². The summed E-state index contributed by atoms with van der Waals surface area (Å²) in [4.78, 5) is 13.4. The molecule has 1 aliphatic heterocycles. The van der Waals surface area contributed by atoms with Crippen LogP contribution in [0.5, 0.6) is 0 Å². The highest BCUT2D eigenvalue weighted by Crippen LogP contribution is 2.39. The molecular weight excluding hydrogens is 176 g/mol. The van der Waals surface area contributed by atoms with Crippen molar-refractivity contribution in [3.8, 4) is 6.07 Å². The van der Waals surface area contributed by atoms with E-state index in [2.05, 4.69) is 6.07 Å². The van der Waals surface area contributed by atoms with E-state index >= 15 is 0 Å². The molecule has 0 spiro atoms. The molecule has 3 heteroatoms. The smallest absolute Gasteiger partial charge is 0.251 e. The van der Waals surface area contributed by atoms with Crippen LogP contribution in [0, 0.1) is 11.3 Å². The van der Waals surface area contributed by atoms with Crippen molar-refractivity contribution in [2.75, 3.05) is 11.9 Å². The minimum absolute atomic E-state index is 0.152. The standard InChI is InChI=1S/C11H10N2O/c1-11(7-12)8-5-3-4-6-9(8)13(2)10(11)14/h3-6H,1-2H3. The maximum atomic E-state index is 11.8. The summed E-state index contributed by atoms with van der Waals surface area (Å²) in [6, 6.07) is 9.49. The number of benzene rings is 1. The van der Waals surface area contributed by atoms with Crippen molar-refractivity contribution in [3.05, 3.63) is 29.8 Å². The summed E-state index contributed by atoms with van der Waals surface area (Å²) >= 11 is 0. The number of rotatable bonds is 0. The van der Waals surface area contributed by atoms with Gasteiger partial charge in [-0.25, -0.2) is 0 Å². The van der Waals surface area contributed by atoms with Crippen LogP contribution in [-0.4, -0.2) is 13.0 Å². The Bertz CT molecular complexity index is 447. The predicted octanol–water partition coefficient (Wildman–Crippen LogP) is 1.44. The molecule has 1 unspecified atom stereocenters. The molecular formula is C11H10N2O. The summed E-state index contributed by atoms with van der Waals surface area (Å²) in [5.74, 6) is -0.152. The third kappa shape index (κ3) is 0.828. The van der Waals surface area contributed by atoms with Crippen LogP contribution in [0.4, 0.5) is 5.69 Å². The van der Waals surface area contributed by atoms with E-state index in [0.29, 0.717) is 0 Å². The lowest BCUT2D eigenvalue weighted by Gasteiger charge is -2.13. The van der Waals surface area contributed by atoms with E-state index in [0.717, 1.165) is 11.3 Å². The van der Waals surface area contributed by atoms with Gasteiger partial charge in [0.05, 0.1) is 6.07 Å². The molecule has 0 N–H and O–H groups in total. The van der Waals surface area contributed by atoms with Crippen molar-refractivity contribution in [1.29, 1.82) is 5.26 Å². The van der Waals surface area contributed by atoms with Crippen molar-refractivity contribution in [2.24, 2.45) is 0 Å². The minimum atomic E-state index is -1.01. The molecule has 0 aromatic heterocycles. The zero-order valence-electron chi connectivity index (χ0n) is 8.11. The number of likely N-dealkylation sites (N-methyl/N-ethyl adjacent to an activating group) is 1. The normalized spacial score (nSPS) is 24.6. The minimum Gasteiger partial charge on any atom is -0.313 e. The molecule has 14 heavy (non-hydrogen) atoms. The number of nitrogens with zero attached hydrogens (tertiary/aromatic N) is 2. The Kier molecular flexibility index (Phi) is 1.62. The first-order valence-corrected chi connectivity index (χ1v) is 4.40. The Morgan fingerprint density at radius 1 is 1.43 bits per heavy atom. The molecule has 1 aliphatic rings. The van der Waals surface area contributed by atoms with Gasteiger partial charge < -0.3 is 4.90 Å². The number of hydrogen-bond donors (Lipinski definition) is 0. The van der Waals surface area contributed by atoms with Crippen LogP contribution in [0.15, 0.2) is 24.3 Å². The van der Waals surface area contributed by atoms with Gasteiger partial charge in [-0.05, 0) is 13.0 Å². The van der Waals surface area contributed by atoms with Gasteiger partial charge in [-0.3, -0.25) is 4.79 Å². The molecule has 1 aromatic carbocycles. The number of carbonyl (C=O) groups is 1. The summed E-state index contributed by atoms with van der Waals surface area (Å²) in [7, 11) is 1.70. The molecule has 0 aliphatic carbocycles. The molecule has 0 saturated heterocycles. The molecule has 1 atom stereocenters. The van der Waals surface area contributed by atoms with Crippen molar-refractivity contribution in [2.45, 2.75) is 12.3 Å². The Morgan fingerprint density at radius 2 is 2.07 bits per heavy atom. The highest BCUT2D eigenvalue weighted by atomic mass is 16.2. The number of fused-ring (bicyclic) bond motifs is 1. The van der Waals surface area contributed by atoms with Crippen LogP contribution in [0.1, 0.15) is 12.5 Å². The summed E-state index contributed by atoms with van der Waals surface area (Å²) < 4.78 is 0. The van der Waals surface area contributed by atoms with Crippen LogP contribution in [-0.2, 0) is 10.2 Å². The summed E-state index contributed by atoms with van der Waals surface area (Å²) in [5.41, 5.74) is 0.627. The van der Waals surface area contributed by atoms with Gasteiger partial charge in [-0.1, -0.05) is 18.2 Å². The molecule has 1 amide bonds. The fraction of sp³-hybridized carbons (Fsp3) is 0.273. The van der Waals surface area contributed by atoms with E-state index in [1.54, 1.807) is 18.9 Å². The van der Waals surface area contributed by atoms with Crippen molar-refractivity contribution < 1.29 is 4.79 Å². The second-order valence-corrected chi connectivity index (χ2v) is 3.62. The Labute approximate surface area is 82.6 Å². The number of amides is 1. The van der Waals surface area contributed by atoms with Crippen molar-refractivity contribution in [1.82, 2.24) is 0 Å². The molecule has 0 bridgehead atoms. The van der Waals surface area contributed by atoms with Gasteiger partial charge >= 0.3 is 0 Å². The number of para-hydroxylation sites is 1. The van der Waals surface area contributed by atoms with E-state index < -0.39 is 5.41 Å². The van der Waals surface area contributed by atoms with Crippen LogP contribution in [0.25, 0.3) is 0 Å². The SMILES string of the molecule is CN1C(=O)C(C)(C#N)c2ccccc21. The number of carbonyl (C=O) groups excluding carboxylic acids is 1. The Hall–Kier alpha value is -1.82. The van der Waals surface area contributed by atoms with E-state index in [4.69, 9.17) is 5.26 Å². The number of hydrogen-bond acceptors (Lipinski definition) is 2. The van der Waals surface area contributed by atoms with Gasteiger partial charge in [0.2, 0.25) is 0 Å². The average molecular weight is 186 g/mol.